The Labute approximate surface area is 87.2 Å². The maximum atomic E-state index is 11.2. The summed E-state index contributed by atoms with van der Waals surface area (Å²) >= 11 is 2.84. The van der Waals surface area contributed by atoms with Crippen LogP contribution in [0.3, 0.4) is 0 Å². The molecular weight excluding hydrogens is 204 g/mol. The molecule has 2 nitrogen and oxygen atoms in total. The highest BCUT2D eigenvalue weighted by Crippen LogP contribution is 2.17. The Kier molecular flexibility index (Phi) is 5.55. The summed E-state index contributed by atoms with van der Waals surface area (Å²) in [5, 5.41) is 0.582. The fourth-order valence-electron chi connectivity index (χ4n) is 1.11. The molecule has 0 atom stereocenters. The third-order valence-electron chi connectivity index (χ3n) is 1.83. The minimum Gasteiger partial charge on any atom is -0.287 e. The summed E-state index contributed by atoms with van der Waals surface area (Å²) in [6.07, 6.45) is 3.99. The molecule has 0 radical (unpaired) electrons. The van der Waals surface area contributed by atoms with Crippen molar-refractivity contribution in [1.82, 2.24) is 0 Å². The number of carbonyl (C=O) groups excluding carboxylic acids is 2. The third-order valence-corrected chi connectivity index (χ3v) is 3.86. The highest BCUT2D eigenvalue weighted by molar-refractivity contribution is 8.14. The van der Waals surface area contributed by atoms with Gasteiger partial charge in [0.25, 0.3) is 0 Å². The second-order valence-corrected chi connectivity index (χ2v) is 5.31. The van der Waals surface area contributed by atoms with Crippen molar-refractivity contribution in [3.8, 4) is 0 Å². The Morgan fingerprint density at radius 2 is 1.23 bits per heavy atom. The molecule has 0 unspecified atom stereocenters. The van der Waals surface area contributed by atoms with Crippen molar-refractivity contribution in [2.75, 3.05) is 11.5 Å². The van der Waals surface area contributed by atoms with E-state index in [1.165, 1.54) is 23.5 Å². The molecule has 1 heterocycles. The second kappa shape index (κ2) is 6.49. The molecule has 74 valence electrons. The van der Waals surface area contributed by atoms with Crippen LogP contribution in [0.1, 0.15) is 32.1 Å². The van der Waals surface area contributed by atoms with Crippen LogP contribution in [0, 0.1) is 0 Å². The van der Waals surface area contributed by atoms with E-state index in [4.69, 9.17) is 0 Å². The number of rotatable bonds is 0. The summed E-state index contributed by atoms with van der Waals surface area (Å²) in [5.41, 5.74) is 0. The van der Waals surface area contributed by atoms with Crippen molar-refractivity contribution < 1.29 is 9.59 Å². The summed E-state index contributed by atoms with van der Waals surface area (Å²) < 4.78 is 0. The lowest BCUT2D eigenvalue weighted by molar-refractivity contribution is -0.112. The molecule has 1 saturated heterocycles. The van der Waals surface area contributed by atoms with Crippen LogP contribution in [0.5, 0.6) is 0 Å². The van der Waals surface area contributed by atoms with Crippen LogP contribution in [0.25, 0.3) is 0 Å². The monoisotopic (exact) mass is 218 g/mol. The Hall–Kier alpha value is 0.0400. The van der Waals surface area contributed by atoms with Gasteiger partial charge in [0.1, 0.15) is 0 Å². The number of carbonyl (C=O) groups is 2. The van der Waals surface area contributed by atoms with Crippen molar-refractivity contribution in [3.05, 3.63) is 0 Å². The molecule has 0 aromatic rings. The fourth-order valence-corrected chi connectivity index (χ4v) is 2.91. The first-order chi connectivity index (χ1) is 6.29. The lowest BCUT2D eigenvalue weighted by Gasteiger charge is -1.96. The van der Waals surface area contributed by atoms with Gasteiger partial charge in [-0.25, -0.2) is 0 Å². The molecule has 1 aliphatic heterocycles. The second-order valence-electron chi connectivity index (χ2n) is 3.00. The quantitative estimate of drug-likeness (QED) is 0.625. The van der Waals surface area contributed by atoms with Crippen molar-refractivity contribution >= 4 is 33.8 Å². The molecule has 0 aliphatic carbocycles. The van der Waals surface area contributed by atoms with Crippen LogP contribution in [0.4, 0.5) is 0 Å². The van der Waals surface area contributed by atoms with Gasteiger partial charge in [0, 0.05) is 24.3 Å². The van der Waals surface area contributed by atoms with Crippen LogP contribution in [-0.4, -0.2) is 21.7 Å². The SMILES string of the molecule is O=C1CCCCC(=O)SCCCS1. The van der Waals surface area contributed by atoms with Crippen molar-refractivity contribution in [2.45, 2.75) is 32.1 Å². The van der Waals surface area contributed by atoms with E-state index in [0.29, 0.717) is 23.1 Å². The molecule has 0 saturated carbocycles. The van der Waals surface area contributed by atoms with Gasteiger partial charge in [-0.2, -0.15) is 0 Å². The first-order valence-corrected chi connectivity index (χ1v) is 6.57. The van der Waals surface area contributed by atoms with Crippen molar-refractivity contribution in [3.63, 3.8) is 0 Å². The minimum absolute atomic E-state index is 0.291. The Morgan fingerprint density at radius 1 is 0.769 bits per heavy atom. The Morgan fingerprint density at radius 3 is 1.69 bits per heavy atom. The van der Waals surface area contributed by atoms with E-state index in [9.17, 15) is 9.59 Å². The first kappa shape index (κ1) is 11.1. The molecule has 1 fully saturated rings. The van der Waals surface area contributed by atoms with Crippen molar-refractivity contribution in [2.24, 2.45) is 0 Å². The molecule has 0 amide bonds. The first-order valence-electron chi connectivity index (χ1n) is 4.60. The molecule has 0 aromatic carbocycles. The van der Waals surface area contributed by atoms with Gasteiger partial charge < -0.3 is 0 Å². The molecule has 0 spiro atoms. The van der Waals surface area contributed by atoms with Gasteiger partial charge in [-0.15, -0.1) is 0 Å². The summed E-state index contributed by atoms with van der Waals surface area (Å²) in [7, 11) is 0. The molecule has 13 heavy (non-hydrogen) atoms. The summed E-state index contributed by atoms with van der Waals surface area (Å²) in [4.78, 5) is 22.3. The fraction of sp³-hybridized carbons (Fsp3) is 0.778. The van der Waals surface area contributed by atoms with E-state index in [-0.39, 0.29) is 0 Å². The van der Waals surface area contributed by atoms with Crippen molar-refractivity contribution in [1.29, 1.82) is 0 Å². The summed E-state index contributed by atoms with van der Waals surface area (Å²) in [6.45, 7) is 0. The Balaban J connectivity index is 2.30. The van der Waals surface area contributed by atoms with Gasteiger partial charge >= 0.3 is 0 Å². The predicted molar refractivity (Wildman–Crippen MR) is 58.0 cm³/mol. The number of thioether (sulfide) groups is 2. The summed E-state index contributed by atoms with van der Waals surface area (Å²) in [5.74, 6) is 1.75. The van der Waals surface area contributed by atoms with Crippen LogP contribution >= 0.6 is 23.5 Å². The van der Waals surface area contributed by atoms with Gasteiger partial charge in [0.15, 0.2) is 10.2 Å². The zero-order valence-corrected chi connectivity index (χ0v) is 9.22. The maximum absolute atomic E-state index is 11.2. The van der Waals surface area contributed by atoms with E-state index < -0.39 is 0 Å². The molecule has 0 bridgehead atoms. The average molecular weight is 218 g/mol. The Bertz CT molecular complexity index is 172. The zero-order chi connectivity index (χ0) is 9.52. The standard InChI is InChI=1S/C9H14O2S2/c10-8-4-1-2-5-9(11)13-7-3-6-12-8/h1-7H2. The van der Waals surface area contributed by atoms with Crippen LogP contribution < -0.4 is 0 Å². The topological polar surface area (TPSA) is 34.1 Å². The van der Waals surface area contributed by atoms with Gasteiger partial charge in [-0.05, 0) is 19.3 Å². The van der Waals surface area contributed by atoms with E-state index in [2.05, 4.69) is 0 Å². The normalized spacial score (nSPS) is 22.5. The van der Waals surface area contributed by atoms with Gasteiger partial charge in [-0.1, -0.05) is 23.5 Å². The molecular formula is C9H14O2S2. The lowest BCUT2D eigenvalue weighted by Crippen LogP contribution is -1.93. The molecule has 1 aliphatic rings. The van der Waals surface area contributed by atoms with Gasteiger partial charge in [-0.3, -0.25) is 9.59 Å². The van der Waals surface area contributed by atoms with Gasteiger partial charge in [0.2, 0.25) is 0 Å². The van der Waals surface area contributed by atoms with E-state index in [1.54, 1.807) is 0 Å². The number of hydrogen-bond acceptors (Lipinski definition) is 4. The highest BCUT2D eigenvalue weighted by Gasteiger charge is 2.08. The zero-order valence-electron chi connectivity index (χ0n) is 7.58. The number of hydrogen-bond donors (Lipinski definition) is 0. The maximum Gasteiger partial charge on any atom is 0.188 e. The molecule has 0 N–H and O–H groups in total. The molecule has 4 heteroatoms. The highest BCUT2D eigenvalue weighted by atomic mass is 32.2. The van der Waals surface area contributed by atoms with Crippen LogP contribution in [-0.2, 0) is 9.59 Å². The van der Waals surface area contributed by atoms with E-state index in [1.807, 2.05) is 0 Å². The smallest absolute Gasteiger partial charge is 0.188 e. The third kappa shape index (κ3) is 5.37. The lowest BCUT2D eigenvalue weighted by atomic mass is 10.2. The van der Waals surface area contributed by atoms with E-state index >= 15 is 0 Å². The molecule has 1 rings (SSSR count). The van der Waals surface area contributed by atoms with Gasteiger partial charge in [0.05, 0.1) is 0 Å². The van der Waals surface area contributed by atoms with E-state index in [0.717, 1.165) is 30.8 Å². The van der Waals surface area contributed by atoms with Crippen LogP contribution in [0.15, 0.2) is 0 Å². The average Bonchev–Trinajstić information content (AvgIpc) is 2.14. The molecule has 0 aromatic heterocycles. The summed E-state index contributed by atoms with van der Waals surface area (Å²) in [6, 6.07) is 0. The largest absolute Gasteiger partial charge is 0.287 e. The van der Waals surface area contributed by atoms with Crippen LogP contribution in [0.2, 0.25) is 0 Å². The minimum atomic E-state index is 0.291. The predicted octanol–water partition coefficient (Wildman–Crippen LogP) is 2.47.